The summed E-state index contributed by atoms with van der Waals surface area (Å²) in [5.41, 5.74) is 3.29. The zero-order valence-corrected chi connectivity index (χ0v) is 13.5. The maximum atomic E-state index is 11.4. The van der Waals surface area contributed by atoms with E-state index >= 15 is 0 Å². The van der Waals surface area contributed by atoms with Gasteiger partial charge in [0.25, 0.3) is 5.56 Å². The van der Waals surface area contributed by atoms with Crippen LogP contribution in [0.1, 0.15) is 11.3 Å². The van der Waals surface area contributed by atoms with Gasteiger partial charge in [-0.15, -0.1) is 0 Å². The Morgan fingerprint density at radius 3 is 2.33 bits per heavy atom. The van der Waals surface area contributed by atoms with E-state index < -0.39 is 5.69 Å². The molecule has 24 heavy (non-hydrogen) atoms. The second-order valence-electron chi connectivity index (χ2n) is 5.81. The van der Waals surface area contributed by atoms with Gasteiger partial charge in [-0.3, -0.25) is 14.7 Å². The van der Waals surface area contributed by atoms with E-state index in [-0.39, 0.29) is 5.56 Å². The fourth-order valence-electron chi connectivity index (χ4n) is 2.80. The van der Waals surface area contributed by atoms with Crippen LogP contribution < -0.4 is 11.2 Å². The zero-order valence-electron chi connectivity index (χ0n) is 13.5. The molecular formula is C19H19N3O2. The maximum Gasteiger partial charge on any atom is 0.325 e. The first-order valence-corrected chi connectivity index (χ1v) is 7.76. The van der Waals surface area contributed by atoms with E-state index in [0.29, 0.717) is 18.8 Å². The predicted octanol–water partition coefficient (Wildman–Crippen LogP) is 2.36. The van der Waals surface area contributed by atoms with Crippen LogP contribution in [0.5, 0.6) is 0 Å². The Kier molecular flexibility index (Phi) is 4.72. The Morgan fingerprint density at radius 1 is 0.875 bits per heavy atom. The lowest BCUT2D eigenvalue weighted by Crippen LogP contribution is -2.26. The van der Waals surface area contributed by atoms with E-state index in [1.165, 1.54) is 22.8 Å². The van der Waals surface area contributed by atoms with Crippen molar-refractivity contribution in [2.45, 2.75) is 13.1 Å². The van der Waals surface area contributed by atoms with E-state index in [0.717, 1.165) is 0 Å². The predicted molar refractivity (Wildman–Crippen MR) is 94.7 cm³/mol. The van der Waals surface area contributed by atoms with Crippen LogP contribution in [0.2, 0.25) is 0 Å². The molecule has 0 spiro atoms. The van der Waals surface area contributed by atoms with Crippen molar-refractivity contribution in [1.82, 2.24) is 14.9 Å². The number of nitrogens with zero attached hydrogens (tertiary/aromatic N) is 1. The Labute approximate surface area is 139 Å². The van der Waals surface area contributed by atoms with Crippen LogP contribution >= 0.6 is 0 Å². The molecule has 0 fully saturated rings. The lowest BCUT2D eigenvalue weighted by molar-refractivity contribution is 0.315. The van der Waals surface area contributed by atoms with Gasteiger partial charge in [-0.2, -0.15) is 0 Å². The number of rotatable bonds is 5. The lowest BCUT2D eigenvalue weighted by Gasteiger charge is -2.19. The number of H-pyrrole nitrogens is 2. The molecule has 0 unspecified atom stereocenters. The van der Waals surface area contributed by atoms with Gasteiger partial charge < -0.3 is 4.98 Å². The molecule has 2 aromatic carbocycles. The van der Waals surface area contributed by atoms with Gasteiger partial charge in [0.15, 0.2) is 0 Å². The van der Waals surface area contributed by atoms with Crippen molar-refractivity contribution in [3.05, 3.63) is 92.8 Å². The standard InChI is InChI=1S/C19H19N3O2/c1-22(13-16-11-18(23)21-19(24)20-16)12-15-9-5-6-10-17(15)14-7-3-2-4-8-14/h2-11H,12-13H2,1H3,(H2,20,21,23,24). The molecule has 3 rings (SSSR count). The number of nitrogens with one attached hydrogen (secondary N) is 2. The number of aromatic amines is 2. The normalized spacial score (nSPS) is 10.9. The highest BCUT2D eigenvalue weighted by atomic mass is 16.2. The van der Waals surface area contributed by atoms with Crippen molar-refractivity contribution in [3.8, 4) is 11.1 Å². The van der Waals surface area contributed by atoms with Crippen molar-refractivity contribution >= 4 is 0 Å². The third-order valence-corrected chi connectivity index (χ3v) is 3.80. The first-order valence-electron chi connectivity index (χ1n) is 7.76. The van der Waals surface area contributed by atoms with E-state index in [4.69, 9.17) is 0 Å². The number of benzene rings is 2. The Bertz CT molecular complexity index is 901. The Balaban J connectivity index is 1.81. The fourth-order valence-corrected chi connectivity index (χ4v) is 2.80. The molecule has 0 atom stereocenters. The average molecular weight is 321 g/mol. The third kappa shape index (κ3) is 3.88. The zero-order chi connectivity index (χ0) is 16.9. The molecule has 0 bridgehead atoms. The summed E-state index contributed by atoms with van der Waals surface area (Å²) < 4.78 is 0. The lowest BCUT2D eigenvalue weighted by atomic mass is 9.99. The second-order valence-corrected chi connectivity index (χ2v) is 5.81. The summed E-state index contributed by atoms with van der Waals surface area (Å²) in [6, 6.07) is 19.9. The molecule has 0 saturated heterocycles. The smallest absolute Gasteiger partial charge is 0.310 e. The summed E-state index contributed by atoms with van der Waals surface area (Å²) in [7, 11) is 1.96. The average Bonchev–Trinajstić information content (AvgIpc) is 2.55. The van der Waals surface area contributed by atoms with Gasteiger partial charge in [0.05, 0.1) is 0 Å². The highest BCUT2D eigenvalue weighted by molar-refractivity contribution is 5.67. The van der Waals surface area contributed by atoms with E-state index in [1.807, 2.05) is 37.4 Å². The van der Waals surface area contributed by atoms with Gasteiger partial charge in [0, 0.05) is 24.8 Å². The maximum absolute atomic E-state index is 11.4. The molecule has 0 radical (unpaired) electrons. The van der Waals surface area contributed by atoms with Gasteiger partial charge in [-0.25, -0.2) is 4.79 Å². The molecule has 2 N–H and O–H groups in total. The van der Waals surface area contributed by atoms with Crippen LogP contribution in [0, 0.1) is 0 Å². The minimum Gasteiger partial charge on any atom is -0.310 e. The molecular weight excluding hydrogens is 302 g/mol. The van der Waals surface area contributed by atoms with E-state index in [9.17, 15) is 9.59 Å². The summed E-state index contributed by atoms with van der Waals surface area (Å²) >= 11 is 0. The summed E-state index contributed by atoms with van der Waals surface area (Å²) in [6.45, 7) is 1.20. The largest absolute Gasteiger partial charge is 0.325 e. The van der Waals surface area contributed by atoms with Crippen LogP contribution in [-0.2, 0) is 13.1 Å². The Morgan fingerprint density at radius 2 is 1.58 bits per heavy atom. The monoisotopic (exact) mass is 321 g/mol. The highest BCUT2D eigenvalue weighted by Gasteiger charge is 2.08. The molecule has 5 nitrogen and oxygen atoms in total. The number of hydrogen-bond acceptors (Lipinski definition) is 3. The van der Waals surface area contributed by atoms with Gasteiger partial charge >= 0.3 is 5.69 Å². The van der Waals surface area contributed by atoms with Gasteiger partial charge in [-0.1, -0.05) is 54.6 Å². The van der Waals surface area contributed by atoms with Crippen molar-refractivity contribution in [1.29, 1.82) is 0 Å². The van der Waals surface area contributed by atoms with Gasteiger partial charge in [0.2, 0.25) is 0 Å². The van der Waals surface area contributed by atoms with Crippen molar-refractivity contribution < 1.29 is 0 Å². The molecule has 0 saturated carbocycles. The van der Waals surface area contributed by atoms with Crippen LogP contribution in [0.4, 0.5) is 0 Å². The summed E-state index contributed by atoms with van der Waals surface area (Å²) in [5, 5.41) is 0. The summed E-state index contributed by atoms with van der Waals surface area (Å²) in [6.07, 6.45) is 0. The minimum atomic E-state index is -0.476. The molecule has 3 aromatic rings. The first kappa shape index (κ1) is 16.0. The van der Waals surface area contributed by atoms with E-state index in [2.05, 4.69) is 39.1 Å². The first-order chi connectivity index (χ1) is 11.6. The number of aromatic nitrogens is 2. The van der Waals surface area contributed by atoms with Crippen molar-refractivity contribution in [2.75, 3.05) is 7.05 Å². The molecule has 122 valence electrons. The third-order valence-electron chi connectivity index (χ3n) is 3.80. The highest BCUT2D eigenvalue weighted by Crippen LogP contribution is 2.24. The SMILES string of the molecule is CN(Cc1cc(=O)[nH]c(=O)[nH]1)Cc1ccccc1-c1ccccc1. The van der Waals surface area contributed by atoms with Gasteiger partial charge in [0.1, 0.15) is 0 Å². The minimum absolute atomic E-state index is 0.383. The molecule has 0 aliphatic rings. The summed E-state index contributed by atoms with van der Waals surface area (Å²) in [4.78, 5) is 29.7. The van der Waals surface area contributed by atoms with Crippen LogP contribution in [0.3, 0.4) is 0 Å². The van der Waals surface area contributed by atoms with Crippen LogP contribution in [0.25, 0.3) is 11.1 Å². The summed E-state index contributed by atoms with van der Waals surface area (Å²) in [5.74, 6) is 0. The van der Waals surface area contributed by atoms with Crippen molar-refractivity contribution in [3.63, 3.8) is 0 Å². The quantitative estimate of drug-likeness (QED) is 0.758. The topological polar surface area (TPSA) is 69.0 Å². The second kappa shape index (κ2) is 7.10. The Hall–Kier alpha value is -2.92. The molecule has 1 heterocycles. The molecule has 5 heteroatoms. The van der Waals surface area contributed by atoms with Crippen molar-refractivity contribution in [2.24, 2.45) is 0 Å². The van der Waals surface area contributed by atoms with Gasteiger partial charge in [-0.05, 0) is 23.7 Å². The fraction of sp³-hybridized carbons (Fsp3) is 0.158. The molecule has 0 aliphatic heterocycles. The van der Waals surface area contributed by atoms with Crippen LogP contribution in [-0.4, -0.2) is 21.9 Å². The molecule has 0 aliphatic carbocycles. The number of hydrogen-bond donors (Lipinski definition) is 2. The van der Waals surface area contributed by atoms with Crippen LogP contribution in [0.15, 0.2) is 70.3 Å². The van der Waals surface area contributed by atoms with E-state index in [1.54, 1.807) is 0 Å². The molecule has 1 aromatic heterocycles. The molecule has 0 amide bonds.